The Balaban J connectivity index is 1.90. The van der Waals surface area contributed by atoms with Crippen molar-refractivity contribution in [3.63, 3.8) is 0 Å². The van der Waals surface area contributed by atoms with Gasteiger partial charge < -0.3 is 4.74 Å². The first-order chi connectivity index (χ1) is 9.61. The van der Waals surface area contributed by atoms with E-state index >= 15 is 0 Å². The Labute approximate surface area is 118 Å². The summed E-state index contributed by atoms with van der Waals surface area (Å²) in [5.41, 5.74) is 4.37. The Bertz CT molecular complexity index is 685. The van der Waals surface area contributed by atoms with Gasteiger partial charge in [0.25, 0.3) is 0 Å². The highest BCUT2D eigenvalue weighted by Gasteiger charge is 2.16. The number of pyridine rings is 1. The van der Waals surface area contributed by atoms with Gasteiger partial charge in [0.1, 0.15) is 6.10 Å². The van der Waals surface area contributed by atoms with Gasteiger partial charge in [0.2, 0.25) is 0 Å². The standard InChI is InChI=1S/C16H17N3O/c1-11(2)20-15-4-5-16-12(7-15)6-13(8-17-16)14-9-18-19(3)10-14/h4-6,8-10,15H,1,7H2,2-3H3. The van der Waals surface area contributed by atoms with Gasteiger partial charge in [-0.05, 0) is 30.7 Å². The number of allylic oxidation sites excluding steroid dienone is 1. The van der Waals surface area contributed by atoms with Gasteiger partial charge in [-0.25, -0.2) is 0 Å². The molecule has 0 saturated carbocycles. The minimum absolute atomic E-state index is 0.0472. The van der Waals surface area contributed by atoms with E-state index in [4.69, 9.17) is 4.74 Å². The fraction of sp³-hybridized carbons (Fsp3) is 0.250. The lowest BCUT2D eigenvalue weighted by atomic mass is 9.97. The third-order valence-corrected chi connectivity index (χ3v) is 3.28. The van der Waals surface area contributed by atoms with E-state index in [0.29, 0.717) is 0 Å². The summed E-state index contributed by atoms with van der Waals surface area (Å²) in [7, 11) is 1.91. The van der Waals surface area contributed by atoms with E-state index in [-0.39, 0.29) is 6.10 Å². The second kappa shape index (κ2) is 4.96. The van der Waals surface area contributed by atoms with Crippen LogP contribution in [0.5, 0.6) is 0 Å². The average molecular weight is 267 g/mol. The van der Waals surface area contributed by atoms with Crippen LogP contribution in [0.4, 0.5) is 0 Å². The first kappa shape index (κ1) is 12.7. The van der Waals surface area contributed by atoms with Crippen LogP contribution in [0.3, 0.4) is 0 Å². The van der Waals surface area contributed by atoms with Crippen LogP contribution in [0.15, 0.2) is 43.1 Å². The van der Waals surface area contributed by atoms with Crippen LogP contribution in [0.2, 0.25) is 0 Å². The molecule has 4 nitrogen and oxygen atoms in total. The molecule has 0 aliphatic heterocycles. The number of aryl methyl sites for hydroxylation is 1. The summed E-state index contributed by atoms with van der Waals surface area (Å²) in [6.45, 7) is 5.66. The molecular weight excluding hydrogens is 250 g/mol. The van der Waals surface area contributed by atoms with E-state index in [9.17, 15) is 0 Å². The molecule has 0 N–H and O–H groups in total. The van der Waals surface area contributed by atoms with Crippen molar-refractivity contribution in [3.05, 3.63) is 54.3 Å². The molecule has 0 amide bonds. The summed E-state index contributed by atoms with van der Waals surface area (Å²) in [6.07, 6.45) is 10.6. The van der Waals surface area contributed by atoms with E-state index in [1.165, 1.54) is 5.56 Å². The lowest BCUT2D eigenvalue weighted by molar-refractivity contribution is 0.157. The van der Waals surface area contributed by atoms with Gasteiger partial charge in [0.15, 0.2) is 0 Å². The third-order valence-electron chi connectivity index (χ3n) is 3.28. The molecule has 1 aliphatic rings. The third kappa shape index (κ3) is 2.50. The molecule has 2 aromatic heterocycles. The van der Waals surface area contributed by atoms with Crippen LogP contribution >= 0.6 is 0 Å². The minimum Gasteiger partial charge on any atom is -0.491 e. The number of ether oxygens (including phenoxy) is 1. The predicted octanol–water partition coefficient (Wildman–Crippen LogP) is 2.97. The second-order valence-corrected chi connectivity index (χ2v) is 5.09. The molecular formula is C16H17N3O. The number of fused-ring (bicyclic) bond motifs is 1. The van der Waals surface area contributed by atoms with Crippen LogP contribution in [0.1, 0.15) is 18.2 Å². The first-order valence-corrected chi connectivity index (χ1v) is 6.60. The number of hydrogen-bond donors (Lipinski definition) is 0. The van der Waals surface area contributed by atoms with Crippen molar-refractivity contribution < 1.29 is 4.74 Å². The van der Waals surface area contributed by atoms with Crippen LogP contribution in [0, 0.1) is 0 Å². The lowest BCUT2D eigenvalue weighted by Gasteiger charge is -2.20. The molecule has 20 heavy (non-hydrogen) atoms. The minimum atomic E-state index is 0.0472. The monoisotopic (exact) mass is 267 g/mol. The molecule has 0 fully saturated rings. The maximum atomic E-state index is 5.67. The highest BCUT2D eigenvalue weighted by molar-refractivity contribution is 5.65. The fourth-order valence-corrected chi connectivity index (χ4v) is 2.39. The summed E-state index contributed by atoms with van der Waals surface area (Å²) < 4.78 is 7.47. The molecule has 0 aromatic carbocycles. The molecule has 2 aromatic rings. The Hall–Kier alpha value is -2.36. The van der Waals surface area contributed by atoms with Crippen molar-refractivity contribution in [1.29, 1.82) is 0 Å². The van der Waals surface area contributed by atoms with Crippen LogP contribution in [0.25, 0.3) is 17.2 Å². The van der Waals surface area contributed by atoms with Gasteiger partial charge in [-0.3, -0.25) is 9.67 Å². The molecule has 102 valence electrons. The molecule has 1 unspecified atom stereocenters. The van der Waals surface area contributed by atoms with E-state index in [1.807, 2.05) is 44.7 Å². The maximum Gasteiger partial charge on any atom is 0.121 e. The summed E-state index contributed by atoms with van der Waals surface area (Å²) >= 11 is 0. The highest BCUT2D eigenvalue weighted by atomic mass is 16.5. The molecule has 2 heterocycles. The normalized spacial score (nSPS) is 16.8. The van der Waals surface area contributed by atoms with E-state index < -0.39 is 0 Å². The quantitative estimate of drug-likeness (QED) is 0.803. The van der Waals surface area contributed by atoms with Crippen molar-refractivity contribution in [3.8, 4) is 11.1 Å². The molecule has 0 spiro atoms. The number of nitrogens with zero attached hydrogens (tertiary/aromatic N) is 3. The summed E-state index contributed by atoms with van der Waals surface area (Å²) in [5, 5.41) is 4.20. The zero-order valence-electron chi connectivity index (χ0n) is 11.7. The van der Waals surface area contributed by atoms with Crippen molar-refractivity contribution in [2.75, 3.05) is 0 Å². The lowest BCUT2D eigenvalue weighted by Crippen LogP contribution is -2.16. The van der Waals surface area contributed by atoms with Crippen molar-refractivity contribution in [1.82, 2.24) is 14.8 Å². The average Bonchev–Trinajstić information content (AvgIpc) is 2.84. The number of rotatable bonds is 3. The molecule has 0 saturated heterocycles. The molecule has 0 radical (unpaired) electrons. The van der Waals surface area contributed by atoms with Crippen LogP contribution in [-0.4, -0.2) is 20.9 Å². The van der Waals surface area contributed by atoms with Crippen molar-refractivity contribution in [2.24, 2.45) is 7.05 Å². The number of aromatic nitrogens is 3. The highest BCUT2D eigenvalue weighted by Crippen LogP contribution is 2.25. The SMILES string of the molecule is C=C(C)OC1C=Cc2ncc(-c3cnn(C)c3)cc2C1. The molecule has 4 heteroatoms. The Morgan fingerprint density at radius 3 is 2.95 bits per heavy atom. The summed E-state index contributed by atoms with van der Waals surface area (Å²) in [6, 6.07) is 2.16. The molecule has 1 atom stereocenters. The van der Waals surface area contributed by atoms with Gasteiger partial charge >= 0.3 is 0 Å². The van der Waals surface area contributed by atoms with Gasteiger partial charge in [-0.15, -0.1) is 0 Å². The van der Waals surface area contributed by atoms with Crippen molar-refractivity contribution in [2.45, 2.75) is 19.4 Å². The summed E-state index contributed by atoms with van der Waals surface area (Å²) in [4.78, 5) is 4.52. The Kier molecular flexibility index (Phi) is 3.14. The Morgan fingerprint density at radius 1 is 1.40 bits per heavy atom. The van der Waals surface area contributed by atoms with Crippen molar-refractivity contribution >= 4 is 6.08 Å². The second-order valence-electron chi connectivity index (χ2n) is 5.09. The van der Waals surface area contributed by atoms with Gasteiger partial charge in [0.05, 0.1) is 17.6 Å². The largest absolute Gasteiger partial charge is 0.491 e. The van der Waals surface area contributed by atoms with Crippen LogP contribution in [-0.2, 0) is 18.2 Å². The van der Waals surface area contributed by atoms with Gasteiger partial charge in [-0.1, -0.05) is 6.58 Å². The molecule has 0 bridgehead atoms. The van der Waals surface area contributed by atoms with Gasteiger partial charge in [0, 0.05) is 37.0 Å². The van der Waals surface area contributed by atoms with Crippen LogP contribution < -0.4 is 0 Å². The van der Waals surface area contributed by atoms with Gasteiger partial charge in [-0.2, -0.15) is 5.10 Å². The van der Waals surface area contributed by atoms with E-state index in [0.717, 1.165) is 29.0 Å². The first-order valence-electron chi connectivity index (χ1n) is 6.60. The molecule has 3 rings (SSSR count). The van der Waals surface area contributed by atoms with E-state index in [2.05, 4.69) is 22.7 Å². The summed E-state index contributed by atoms with van der Waals surface area (Å²) in [5.74, 6) is 0.736. The fourth-order valence-electron chi connectivity index (χ4n) is 2.39. The van der Waals surface area contributed by atoms with E-state index in [1.54, 1.807) is 4.68 Å². The number of hydrogen-bond acceptors (Lipinski definition) is 3. The zero-order chi connectivity index (χ0) is 14.1. The zero-order valence-corrected chi connectivity index (χ0v) is 11.7. The predicted molar refractivity (Wildman–Crippen MR) is 78.9 cm³/mol. The maximum absolute atomic E-state index is 5.67. The topological polar surface area (TPSA) is 39.9 Å². The molecule has 1 aliphatic carbocycles. The Morgan fingerprint density at radius 2 is 2.25 bits per heavy atom. The smallest absolute Gasteiger partial charge is 0.121 e.